The van der Waals surface area contributed by atoms with E-state index in [1.165, 1.54) is 77.0 Å². The van der Waals surface area contributed by atoms with E-state index in [0.29, 0.717) is 31.3 Å². The number of carbonyl (C=O) groups is 2. The molecular formula is C29H50O3. The Labute approximate surface area is 197 Å². The molecule has 3 saturated carbocycles. The predicted molar refractivity (Wildman–Crippen MR) is 131 cm³/mol. The van der Waals surface area contributed by atoms with Gasteiger partial charge in [-0.25, -0.2) is 0 Å². The van der Waals surface area contributed by atoms with Crippen LogP contribution in [0.25, 0.3) is 0 Å². The summed E-state index contributed by atoms with van der Waals surface area (Å²) in [5.41, 5.74) is -0.894. The lowest BCUT2D eigenvalue weighted by molar-refractivity contribution is -0.162. The Bertz CT molecular complexity index is 583. The molecule has 3 fully saturated rings. The monoisotopic (exact) mass is 446 g/mol. The van der Waals surface area contributed by atoms with Crippen molar-refractivity contribution in [3.63, 3.8) is 0 Å². The van der Waals surface area contributed by atoms with E-state index in [-0.39, 0.29) is 11.8 Å². The average Bonchev–Trinajstić information content (AvgIpc) is 2.83. The average molecular weight is 447 g/mol. The smallest absolute Gasteiger partial charge is 0.319 e. The molecule has 0 aromatic carbocycles. The molecule has 1 unspecified atom stereocenters. The van der Waals surface area contributed by atoms with Gasteiger partial charge in [0.15, 0.2) is 0 Å². The quantitative estimate of drug-likeness (QED) is 0.194. The molecular weight excluding hydrogens is 396 g/mol. The molecule has 3 rings (SSSR count). The largest absolute Gasteiger partial charge is 0.465 e. The van der Waals surface area contributed by atoms with Crippen LogP contribution in [-0.4, -0.2) is 18.4 Å². The van der Waals surface area contributed by atoms with Gasteiger partial charge in [0.2, 0.25) is 0 Å². The highest BCUT2D eigenvalue weighted by molar-refractivity contribution is 6.04. The zero-order valence-electron chi connectivity index (χ0n) is 21.3. The Morgan fingerprint density at radius 2 is 1.38 bits per heavy atom. The van der Waals surface area contributed by atoms with Crippen LogP contribution in [0.5, 0.6) is 0 Å². The third-order valence-electron chi connectivity index (χ3n) is 9.63. The van der Waals surface area contributed by atoms with Gasteiger partial charge in [-0.15, -0.1) is 0 Å². The number of rotatable bonds is 10. The third kappa shape index (κ3) is 6.60. The van der Waals surface area contributed by atoms with Crippen molar-refractivity contribution in [1.29, 1.82) is 0 Å². The molecule has 0 N–H and O–H groups in total. The van der Waals surface area contributed by atoms with Crippen molar-refractivity contribution in [3.05, 3.63) is 0 Å². The van der Waals surface area contributed by atoms with E-state index in [1.807, 2.05) is 6.92 Å². The van der Waals surface area contributed by atoms with Gasteiger partial charge in [0.05, 0.1) is 6.61 Å². The fourth-order valence-corrected chi connectivity index (χ4v) is 6.98. The standard InChI is InChI=1S/C29H50O3/c1-4-6-7-8-9-20-32-28(31)29(3)19-18-26(21-27(29)30)25-16-14-24(15-17-25)23-12-10-22(5-2)11-13-23/h22-26H,4-21H2,1-3H3/t22?,23?,24?,25?,26?,29-/m0/s1. The van der Waals surface area contributed by atoms with Crippen molar-refractivity contribution < 1.29 is 14.3 Å². The molecule has 0 aliphatic heterocycles. The van der Waals surface area contributed by atoms with E-state index in [2.05, 4.69) is 13.8 Å². The Kier molecular flexibility index (Phi) is 10.1. The van der Waals surface area contributed by atoms with Gasteiger partial charge in [-0.2, -0.15) is 0 Å². The van der Waals surface area contributed by atoms with Crippen LogP contribution in [-0.2, 0) is 14.3 Å². The second-order valence-electron chi connectivity index (χ2n) is 11.7. The second kappa shape index (κ2) is 12.6. The van der Waals surface area contributed by atoms with Crippen molar-refractivity contribution in [3.8, 4) is 0 Å². The molecule has 0 amide bonds. The minimum Gasteiger partial charge on any atom is -0.465 e. The summed E-state index contributed by atoms with van der Waals surface area (Å²) in [5.74, 6) is 3.95. The van der Waals surface area contributed by atoms with Gasteiger partial charge in [-0.1, -0.05) is 58.8 Å². The van der Waals surface area contributed by atoms with Crippen LogP contribution in [0, 0.1) is 35.0 Å². The number of ketones is 1. The van der Waals surface area contributed by atoms with Crippen LogP contribution in [0.2, 0.25) is 0 Å². The van der Waals surface area contributed by atoms with Crippen LogP contribution in [0.1, 0.15) is 130 Å². The molecule has 0 bridgehead atoms. The van der Waals surface area contributed by atoms with E-state index in [1.54, 1.807) is 0 Å². The minimum atomic E-state index is -0.894. The Morgan fingerprint density at radius 1 is 0.812 bits per heavy atom. The summed E-state index contributed by atoms with van der Waals surface area (Å²) in [6.07, 6.45) is 20.5. The van der Waals surface area contributed by atoms with Crippen molar-refractivity contribution in [2.75, 3.05) is 6.61 Å². The molecule has 0 aromatic rings. The summed E-state index contributed by atoms with van der Waals surface area (Å²) in [5, 5.41) is 0. The van der Waals surface area contributed by atoms with Crippen LogP contribution in [0.4, 0.5) is 0 Å². The van der Waals surface area contributed by atoms with Gasteiger partial charge in [-0.3, -0.25) is 9.59 Å². The molecule has 32 heavy (non-hydrogen) atoms. The normalized spacial score (nSPS) is 36.1. The highest BCUT2D eigenvalue weighted by atomic mass is 16.5. The van der Waals surface area contributed by atoms with E-state index in [4.69, 9.17) is 4.74 Å². The van der Waals surface area contributed by atoms with Crippen LogP contribution >= 0.6 is 0 Å². The maximum Gasteiger partial charge on any atom is 0.319 e. The molecule has 0 saturated heterocycles. The van der Waals surface area contributed by atoms with Gasteiger partial charge < -0.3 is 4.74 Å². The first-order chi connectivity index (χ1) is 15.5. The molecule has 0 radical (unpaired) electrons. The first kappa shape index (κ1) is 25.8. The molecule has 0 heterocycles. The van der Waals surface area contributed by atoms with Gasteiger partial charge in [-0.05, 0) is 94.3 Å². The first-order valence-electron chi connectivity index (χ1n) is 14.2. The Balaban J connectivity index is 1.38. The number of hydrogen-bond acceptors (Lipinski definition) is 3. The van der Waals surface area contributed by atoms with Gasteiger partial charge in [0.25, 0.3) is 0 Å². The second-order valence-corrected chi connectivity index (χ2v) is 11.7. The molecule has 3 nitrogen and oxygen atoms in total. The SMILES string of the molecule is CCCCCCCOC(=O)[C@@]1(C)CCC(C2CCC(C3CCC(CC)CC3)CC2)CC1=O. The first-order valence-corrected chi connectivity index (χ1v) is 14.2. The highest BCUT2D eigenvalue weighted by Gasteiger charge is 2.47. The fraction of sp³-hybridized carbons (Fsp3) is 0.931. The van der Waals surface area contributed by atoms with Crippen molar-refractivity contribution >= 4 is 11.8 Å². The predicted octanol–water partition coefficient (Wildman–Crippen LogP) is 7.90. The number of esters is 1. The molecule has 0 aromatic heterocycles. The van der Waals surface area contributed by atoms with E-state index in [9.17, 15) is 9.59 Å². The van der Waals surface area contributed by atoms with Gasteiger partial charge in [0.1, 0.15) is 11.2 Å². The number of ether oxygens (including phenoxy) is 1. The lowest BCUT2D eigenvalue weighted by Crippen LogP contribution is -2.44. The summed E-state index contributed by atoms with van der Waals surface area (Å²) >= 11 is 0. The minimum absolute atomic E-state index is 0.143. The van der Waals surface area contributed by atoms with Crippen LogP contribution in [0.3, 0.4) is 0 Å². The molecule has 3 aliphatic rings. The van der Waals surface area contributed by atoms with Gasteiger partial charge >= 0.3 is 5.97 Å². The summed E-state index contributed by atoms with van der Waals surface area (Å²) in [6, 6.07) is 0. The molecule has 3 heteroatoms. The molecule has 184 valence electrons. The molecule has 2 atom stereocenters. The summed E-state index contributed by atoms with van der Waals surface area (Å²) in [6.45, 7) is 6.86. The number of unbranched alkanes of at least 4 members (excludes halogenated alkanes) is 4. The maximum absolute atomic E-state index is 13.1. The highest BCUT2D eigenvalue weighted by Crippen LogP contribution is 2.47. The van der Waals surface area contributed by atoms with E-state index in [0.717, 1.165) is 37.0 Å². The zero-order valence-corrected chi connectivity index (χ0v) is 21.3. The third-order valence-corrected chi connectivity index (χ3v) is 9.63. The maximum atomic E-state index is 13.1. The zero-order chi connectivity index (χ0) is 23.0. The molecule has 0 spiro atoms. The topological polar surface area (TPSA) is 43.4 Å². The number of hydrogen-bond donors (Lipinski definition) is 0. The van der Waals surface area contributed by atoms with E-state index < -0.39 is 5.41 Å². The van der Waals surface area contributed by atoms with Crippen molar-refractivity contribution in [2.24, 2.45) is 35.0 Å². The van der Waals surface area contributed by atoms with E-state index >= 15 is 0 Å². The van der Waals surface area contributed by atoms with Crippen LogP contribution in [0.15, 0.2) is 0 Å². The number of Topliss-reactive ketones (excluding diaryl/α,β-unsaturated/α-hetero) is 1. The lowest BCUT2D eigenvalue weighted by Gasteiger charge is -2.42. The lowest BCUT2D eigenvalue weighted by atomic mass is 9.62. The van der Waals surface area contributed by atoms with Gasteiger partial charge in [0, 0.05) is 6.42 Å². The van der Waals surface area contributed by atoms with Crippen molar-refractivity contribution in [2.45, 2.75) is 130 Å². The summed E-state index contributed by atoms with van der Waals surface area (Å²) < 4.78 is 5.55. The fourth-order valence-electron chi connectivity index (χ4n) is 6.98. The summed E-state index contributed by atoms with van der Waals surface area (Å²) in [7, 11) is 0. The van der Waals surface area contributed by atoms with Crippen LogP contribution < -0.4 is 0 Å². The Hall–Kier alpha value is -0.860. The molecule has 3 aliphatic carbocycles. The Morgan fingerprint density at radius 3 is 1.94 bits per heavy atom. The number of carbonyl (C=O) groups excluding carboxylic acids is 2. The summed E-state index contributed by atoms with van der Waals surface area (Å²) in [4.78, 5) is 25.8. The van der Waals surface area contributed by atoms with Crippen molar-refractivity contribution in [1.82, 2.24) is 0 Å².